The summed E-state index contributed by atoms with van der Waals surface area (Å²) in [4.78, 5) is 0. The van der Waals surface area contributed by atoms with Crippen LogP contribution in [-0.2, 0) is 0 Å². The Morgan fingerprint density at radius 3 is 2.06 bits per heavy atom. The second kappa shape index (κ2) is 12.4. The van der Waals surface area contributed by atoms with E-state index in [0.29, 0.717) is 0 Å². The van der Waals surface area contributed by atoms with Crippen molar-refractivity contribution >= 4 is 55.2 Å². The minimum Gasteiger partial charge on any atom is -0.308 e. The molecule has 8 aromatic rings. The highest BCUT2D eigenvalue weighted by Gasteiger charge is 2.39. The number of hydrogen-bond acceptors (Lipinski definition) is 0. The van der Waals surface area contributed by atoms with Gasteiger partial charge in [0.1, 0.15) is 5.56 Å². The van der Waals surface area contributed by atoms with Crippen LogP contribution in [0.1, 0.15) is 18.1 Å². The molecule has 0 atom stereocenters. The summed E-state index contributed by atoms with van der Waals surface area (Å²) in [5.74, 6) is 0. The summed E-state index contributed by atoms with van der Waals surface area (Å²) in [6.45, 7) is 8.40. The lowest BCUT2D eigenvalue weighted by Gasteiger charge is -2.21. The summed E-state index contributed by atoms with van der Waals surface area (Å²) in [6, 6.07) is 48.1. The minimum atomic E-state index is 1.02. The number of allylic oxidation sites excluding steroid dienone is 8. The molecular formula is C49H37N2+. The predicted octanol–water partition coefficient (Wildman–Crippen LogP) is 12.9. The molecule has 2 aliphatic heterocycles. The maximum atomic E-state index is 4.22. The molecule has 51 heavy (non-hydrogen) atoms. The molecule has 4 heterocycles. The molecule has 2 heteroatoms. The van der Waals surface area contributed by atoms with Gasteiger partial charge in [-0.2, -0.15) is 4.58 Å². The monoisotopic (exact) mass is 653 g/mol. The lowest BCUT2D eigenvalue weighted by molar-refractivity contribution is -0.353. The van der Waals surface area contributed by atoms with E-state index < -0.39 is 0 Å². The zero-order chi connectivity index (χ0) is 34.5. The number of nitrogens with zero attached hydrogens (tertiary/aromatic N) is 2. The van der Waals surface area contributed by atoms with Crippen LogP contribution < -0.4 is 0 Å². The fourth-order valence-corrected chi connectivity index (χ4v) is 7.70. The molecule has 2 aliphatic rings. The van der Waals surface area contributed by atoms with Crippen molar-refractivity contribution in [3.05, 3.63) is 199 Å². The maximum absolute atomic E-state index is 4.22. The lowest BCUT2D eigenvalue weighted by Crippen LogP contribution is -2.23. The van der Waals surface area contributed by atoms with Gasteiger partial charge in [-0.25, -0.2) is 0 Å². The first-order chi connectivity index (χ1) is 25.1. The first kappa shape index (κ1) is 30.5. The third-order valence-electron chi connectivity index (χ3n) is 10.1. The van der Waals surface area contributed by atoms with Crippen LogP contribution in [0, 0.1) is 6.92 Å². The Kier molecular flexibility index (Phi) is 7.44. The highest BCUT2D eigenvalue weighted by molar-refractivity contribution is 6.23. The summed E-state index contributed by atoms with van der Waals surface area (Å²) < 4.78 is 4.73. The SMILES string of the molecule is C=C1C=CC=C2c3cc(-c4ccccc4)ccc3[N+]2=C1/C=C\C=C/C.Cc1ccc2c(c1)c1cccc3c4ccc(-c5ccccc5)cc4n2c13. The molecule has 6 aromatic carbocycles. The molecule has 0 fully saturated rings. The summed E-state index contributed by atoms with van der Waals surface area (Å²) in [5.41, 5.74) is 16.1. The molecule has 242 valence electrons. The molecule has 0 N–H and O–H groups in total. The maximum Gasteiger partial charge on any atom is 0.225 e. The number of fused-ring (bicyclic) bond motifs is 10. The third-order valence-corrected chi connectivity index (χ3v) is 10.1. The van der Waals surface area contributed by atoms with Gasteiger partial charge >= 0.3 is 0 Å². The van der Waals surface area contributed by atoms with Crippen molar-refractivity contribution in [3.8, 4) is 22.3 Å². The molecular weight excluding hydrogens is 617 g/mol. The summed E-state index contributed by atoms with van der Waals surface area (Å²) in [7, 11) is 0. The van der Waals surface area contributed by atoms with Crippen LogP contribution in [-0.4, -0.2) is 14.7 Å². The van der Waals surface area contributed by atoms with Crippen LogP contribution >= 0.6 is 0 Å². The molecule has 10 rings (SSSR count). The van der Waals surface area contributed by atoms with E-state index in [9.17, 15) is 0 Å². The van der Waals surface area contributed by atoms with E-state index in [1.165, 1.54) is 82.9 Å². The standard InChI is InChI=1S/C25H17N.C24H20N/c1-16-10-13-23-22(14-16)21-9-5-8-20-19-12-11-18(17-6-3-2-4-7-17)15-24(19)26(23)25(20)21;1-3-4-6-13-22-18(2)10-9-14-23-21-17-20(15-16-24(21)25(22)23)19-11-7-5-8-12-19/h2-15H,1H3;3-17H,2H2,1H3/q;+1/b;4-3-,13-6-. The Morgan fingerprint density at radius 1 is 0.608 bits per heavy atom. The van der Waals surface area contributed by atoms with Gasteiger partial charge in [0.25, 0.3) is 0 Å². The first-order valence-electron chi connectivity index (χ1n) is 17.6. The number of hydrogen-bond donors (Lipinski definition) is 0. The van der Waals surface area contributed by atoms with E-state index in [1.54, 1.807) is 0 Å². The zero-order valence-corrected chi connectivity index (χ0v) is 28.8. The van der Waals surface area contributed by atoms with Gasteiger partial charge in [0.05, 0.1) is 16.6 Å². The van der Waals surface area contributed by atoms with Crippen LogP contribution in [0.25, 0.3) is 66.0 Å². The number of rotatable bonds is 4. The van der Waals surface area contributed by atoms with Crippen molar-refractivity contribution < 1.29 is 4.58 Å². The Bertz CT molecular complexity index is 2800. The molecule has 0 saturated carbocycles. The average molecular weight is 654 g/mol. The van der Waals surface area contributed by atoms with Gasteiger partial charge in [0.2, 0.25) is 17.1 Å². The molecule has 0 amide bonds. The predicted molar refractivity (Wildman–Crippen MR) is 218 cm³/mol. The molecule has 0 unspecified atom stereocenters. The fraction of sp³-hybridized carbons (Fsp3) is 0.0408. The quantitative estimate of drug-likeness (QED) is 0.132. The zero-order valence-electron chi connectivity index (χ0n) is 28.8. The Hall–Kier alpha value is -6.51. The largest absolute Gasteiger partial charge is 0.308 e. The van der Waals surface area contributed by atoms with E-state index in [1.807, 2.05) is 19.1 Å². The van der Waals surface area contributed by atoms with Crippen molar-refractivity contribution in [2.75, 3.05) is 0 Å². The van der Waals surface area contributed by atoms with E-state index in [-0.39, 0.29) is 0 Å². The number of benzene rings is 6. The highest BCUT2D eigenvalue weighted by atomic mass is 15.1. The van der Waals surface area contributed by atoms with Gasteiger partial charge in [0, 0.05) is 45.3 Å². The van der Waals surface area contributed by atoms with Crippen LogP contribution in [0.3, 0.4) is 0 Å². The van der Waals surface area contributed by atoms with E-state index in [2.05, 4.69) is 186 Å². The van der Waals surface area contributed by atoms with Crippen LogP contribution in [0.4, 0.5) is 5.69 Å². The molecule has 0 aliphatic carbocycles. The molecule has 2 aromatic heterocycles. The van der Waals surface area contributed by atoms with Crippen molar-refractivity contribution in [3.63, 3.8) is 0 Å². The van der Waals surface area contributed by atoms with Crippen LogP contribution in [0.15, 0.2) is 188 Å². The second-order valence-corrected chi connectivity index (χ2v) is 13.3. The molecule has 0 saturated heterocycles. The van der Waals surface area contributed by atoms with Crippen LogP contribution in [0.5, 0.6) is 0 Å². The molecule has 2 nitrogen and oxygen atoms in total. The van der Waals surface area contributed by atoms with Crippen molar-refractivity contribution in [2.24, 2.45) is 0 Å². The fourth-order valence-electron chi connectivity index (χ4n) is 7.70. The van der Waals surface area contributed by atoms with Gasteiger partial charge in [0.15, 0.2) is 0 Å². The van der Waals surface area contributed by atoms with Crippen molar-refractivity contribution in [1.29, 1.82) is 0 Å². The van der Waals surface area contributed by atoms with Gasteiger partial charge in [-0.1, -0.05) is 134 Å². The average Bonchev–Trinajstić information content (AvgIpc) is 3.63. The Labute approximate surface area is 298 Å². The lowest BCUT2D eigenvalue weighted by atomic mass is 9.94. The Balaban J connectivity index is 0.000000137. The van der Waals surface area contributed by atoms with Gasteiger partial charge in [-0.05, 0) is 72.5 Å². The summed E-state index contributed by atoms with van der Waals surface area (Å²) >= 11 is 0. The van der Waals surface area contributed by atoms with E-state index in [4.69, 9.17) is 0 Å². The molecule has 0 radical (unpaired) electrons. The number of aryl methyl sites for hydroxylation is 1. The Morgan fingerprint density at radius 2 is 1.31 bits per heavy atom. The third kappa shape index (κ3) is 5.07. The van der Waals surface area contributed by atoms with Crippen molar-refractivity contribution in [1.82, 2.24) is 4.40 Å². The summed E-state index contributed by atoms with van der Waals surface area (Å²) in [6.07, 6.45) is 14.6. The first-order valence-corrected chi connectivity index (χ1v) is 17.6. The summed E-state index contributed by atoms with van der Waals surface area (Å²) in [5, 5.41) is 5.36. The van der Waals surface area contributed by atoms with Gasteiger partial charge in [-0.3, -0.25) is 0 Å². The van der Waals surface area contributed by atoms with Crippen LogP contribution in [0.2, 0.25) is 0 Å². The topological polar surface area (TPSA) is 7.42 Å². The van der Waals surface area contributed by atoms with Crippen molar-refractivity contribution in [2.45, 2.75) is 13.8 Å². The number of aromatic nitrogens is 1. The highest BCUT2D eigenvalue weighted by Crippen LogP contribution is 2.44. The molecule has 0 spiro atoms. The molecule has 0 bridgehead atoms. The smallest absolute Gasteiger partial charge is 0.225 e. The normalized spacial score (nSPS) is 13.9. The van der Waals surface area contributed by atoms with Gasteiger partial charge in [-0.15, -0.1) is 0 Å². The van der Waals surface area contributed by atoms with E-state index >= 15 is 0 Å². The van der Waals surface area contributed by atoms with Gasteiger partial charge < -0.3 is 4.40 Å². The van der Waals surface area contributed by atoms with E-state index in [0.717, 1.165) is 11.3 Å². The number of para-hydroxylation sites is 1. The minimum absolute atomic E-state index is 1.02. The second-order valence-electron chi connectivity index (χ2n) is 13.3.